The lowest BCUT2D eigenvalue weighted by Gasteiger charge is -2.50. The molecule has 6 aromatic heterocycles. The van der Waals surface area contributed by atoms with Gasteiger partial charge in [0.1, 0.15) is 30.9 Å². The minimum Gasteiger partial charge on any atom is -0.414 e. The van der Waals surface area contributed by atoms with Crippen molar-refractivity contribution >= 4 is 95.8 Å². The number of aliphatic hydroxyl groups excluding tert-OH is 3. The summed E-state index contributed by atoms with van der Waals surface area (Å²) in [5.74, 6) is 27.8. The van der Waals surface area contributed by atoms with Gasteiger partial charge in [0.2, 0.25) is 17.8 Å². The van der Waals surface area contributed by atoms with Crippen LogP contribution in [0.1, 0.15) is 174 Å². The van der Waals surface area contributed by atoms with Gasteiger partial charge in [-0.3, -0.25) is 29.3 Å². The van der Waals surface area contributed by atoms with Crippen LogP contribution in [0.2, 0.25) is 22.7 Å². The predicted octanol–water partition coefficient (Wildman–Crippen LogP) is 9.05. The monoisotopic (exact) mass is 1470 g/mol. The zero-order valence-electron chi connectivity index (χ0n) is 59.9. The van der Waals surface area contributed by atoms with E-state index in [1.807, 2.05) is 22.3 Å². The van der Waals surface area contributed by atoms with Crippen LogP contribution in [0, 0.1) is 72.6 Å². The number of ether oxygens (including phenoxy) is 3. The van der Waals surface area contributed by atoms with Gasteiger partial charge >= 0.3 is 17.1 Å². The van der Waals surface area contributed by atoms with Crippen LogP contribution >= 0.6 is 27.7 Å². The number of terminal acetylenes is 3. The number of anilines is 3. The number of unbranched alkanes of at least 4 members (excludes halogenated alkanes) is 9. The second-order valence-corrected chi connectivity index (χ2v) is 37.3. The lowest BCUT2D eigenvalue weighted by atomic mass is 10.1. The average molecular weight is 1480 g/mol. The van der Waals surface area contributed by atoms with Gasteiger partial charge in [-0.05, 0) is 67.6 Å². The van der Waals surface area contributed by atoms with Gasteiger partial charge in [-0.25, -0.2) is 0 Å². The normalized spacial score (nSPS) is 25.0. The number of fused-ring (bicyclic) bond motifs is 4. The molecule has 0 radical (unpaired) electrons. The zero-order chi connectivity index (χ0) is 73.5. The Bertz CT molecular complexity index is 4190. The maximum absolute atomic E-state index is 13.3. The Balaban J connectivity index is 0.000000199. The standard InChI is InChI=1S/C31H49N4O5PSi2.C21H27N4O3P.C20H25N4O4P/c1-10-12-13-14-15-16-17-23-18-35(28-25(23)29(36)34-31(32-9)33-28)30-27(41)26-24(38-30)19-37-42(11-2,20(3)4)40-43(39-26,21(5)6)22(7)8;1-4-6-7-8-9-10-11-13-12-25(20-17(29)16(26)14(5-2)28-20)18-15(13)19(27)24-21(22-3)23-18;1-3-4-5-6-7-8-9-12-10-24(19-16(29)15(26)13(11-25)28-19)17-14(12)18(27)23-20(21-2)22-17/h1,18,20-22,24,26-27,30H,11-15,19,41H2,2-9H3,(H2,32,33,34,36);1,12,14,16-17,20,26H,5-9,29H2,2-3H3,(H2,22,23,24,27);1,10,13,15-16,19,25-26H,4-7,11,29H2,2H3,(H2,21,22,23,27)/t24-,26+,27?,30-,42?;14-,16+,17?,20-;13-,15+,16?,19-/m111/s1. The summed E-state index contributed by atoms with van der Waals surface area (Å²) in [4.78, 5) is 60.7. The Labute approximate surface area is 601 Å². The van der Waals surface area contributed by atoms with Crippen molar-refractivity contribution in [2.24, 2.45) is 0 Å². The molecule has 4 saturated heterocycles. The second kappa shape index (κ2) is 36.7. The van der Waals surface area contributed by atoms with E-state index in [0.717, 1.165) is 63.8 Å². The minimum atomic E-state index is -2.78. The molecule has 10 rings (SSSR count). The van der Waals surface area contributed by atoms with E-state index in [2.05, 4.69) is 170 Å². The predicted molar refractivity (Wildman–Crippen MR) is 413 cm³/mol. The average Bonchev–Trinajstić information content (AvgIpc) is 1.62. The van der Waals surface area contributed by atoms with Crippen molar-refractivity contribution in [1.29, 1.82) is 0 Å². The van der Waals surface area contributed by atoms with E-state index in [1.165, 1.54) is 0 Å². The highest BCUT2D eigenvalue weighted by molar-refractivity contribution is 7.18. The molecule has 0 bridgehead atoms. The summed E-state index contributed by atoms with van der Waals surface area (Å²) >= 11 is 0. The highest BCUT2D eigenvalue weighted by Crippen LogP contribution is 2.49. The maximum Gasteiger partial charge on any atom is 0.335 e. The van der Waals surface area contributed by atoms with Gasteiger partial charge in [0.15, 0.2) is 16.9 Å². The number of aromatic nitrogens is 9. The van der Waals surface area contributed by atoms with Gasteiger partial charge in [-0.1, -0.05) is 90.9 Å². The van der Waals surface area contributed by atoms with E-state index >= 15 is 0 Å². The number of hydrogen-bond donors (Lipinski definition) is 9. The Morgan fingerprint density at radius 1 is 0.574 bits per heavy atom. The molecule has 0 amide bonds. The molecule has 9 N–H and O–H groups in total. The van der Waals surface area contributed by atoms with Gasteiger partial charge in [0.05, 0.1) is 70.5 Å². The SMILES string of the molecule is C#CCCCCC#Cc1cn([C@@H]2O[C@@H]3CO[Si](CC)(C(C)C)O[Si](C(C)C)(C(C)C)O[C@@H]3C2P)c2nc(NC)[nH]c(=O)c12.C#CCCCCC#Cc1cn([C@@H]2O[C@H](CC)[C@H](O)C2P)c2nc(NC)[nH]c(=O)c12.C#CCCCCC#Cc1cn([C@@H]2O[C@H](CO)[C@H](O)C2P)c2nc(NC)[nH]c(=O)c12. The number of nitrogens with zero attached hydrogens (tertiary/aromatic N) is 6. The third-order valence-electron chi connectivity index (χ3n) is 18.8. The Morgan fingerprint density at radius 2 is 0.941 bits per heavy atom. The topological polar surface area (TPSA) is 304 Å². The van der Waals surface area contributed by atoms with Crippen molar-refractivity contribution in [3.63, 3.8) is 0 Å². The van der Waals surface area contributed by atoms with Crippen molar-refractivity contribution < 1.29 is 42.5 Å². The second-order valence-electron chi connectivity index (χ2n) is 26.4. The first-order chi connectivity index (χ1) is 48.5. The summed E-state index contributed by atoms with van der Waals surface area (Å²) < 4.78 is 45.5. The molecule has 101 heavy (non-hydrogen) atoms. The molecule has 544 valence electrons. The first kappa shape index (κ1) is 80.1. The fourth-order valence-corrected chi connectivity index (χ4v) is 25.3. The molecule has 4 aliphatic heterocycles. The van der Waals surface area contributed by atoms with E-state index in [-0.39, 0.29) is 75.2 Å². The summed E-state index contributed by atoms with van der Waals surface area (Å²) in [5, 5.41) is 40.1. The number of rotatable bonds is 21. The molecular weight excluding hydrogens is 1370 g/mol. The largest absolute Gasteiger partial charge is 0.414 e. The van der Waals surface area contributed by atoms with Crippen molar-refractivity contribution in [1.82, 2.24) is 43.6 Å². The van der Waals surface area contributed by atoms with Crippen LogP contribution in [0.25, 0.3) is 33.1 Å². The third kappa shape index (κ3) is 17.8. The number of hydrogen-bond acceptors (Lipinski definition) is 18. The Hall–Kier alpha value is -6.62. The van der Waals surface area contributed by atoms with Crippen LogP contribution in [0.5, 0.6) is 0 Å². The first-order valence-corrected chi connectivity index (χ1v) is 41.0. The van der Waals surface area contributed by atoms with Gasteiger partial charge < -0.3 is 72.1 Å². The van der Waals surface area contributed by atoms with Crippen LogP contribution < -0.4 is 32.6 Å². The van der Waals surface area contributed by atoms with Crippen LogP contribution in [-0.4, -0.2) is 164 Å². The molecule has 16 atom stereocenters. The summed E-state index contributed by atoms with van der Waals surface area (Å²) in [5.41, 5.74) is 2.30. The molecule has 10 heterocycles. The van der Waals surface area contributed by atoms with Crippen LogP contribution in [-0.2, 0) is 27.2 Å². The van der Waals surface area contributed by atoms with Crippen molar-refractivity contribution in [3.05, 3.63) is 66.3 Å². The highest BCUT2D eigenvalue weighted by Gasteiger charge is 2.60. The van der Waals surface area contributed by atoms with Crippen LogP contribution in [0.4, 0.5) is 17.8 Å². The quantitative estimate of drug-likeness (QED) is 0.0140. The van der Waals surface area contributed by atoms with Gasteiger partial charge in [0.25, 0.3) is 16.7 Å². The smallest absolute Gasteiger partial charge is 0.335 e. The fraction of sp³-hybridized carbons (Fsp3) is 0.583. The lowest BCUT2D eigenvalue weighted by Crippen LogP contribution is -2.64. The molecule has 7 unspecified atom stereocenters. The van der Waals surface area contributed by atoms with Crippen molar-refractivity contribution in [2.45, 2.75) is 234 Å². The van der Waals surface area contributed by atoms with E-state index in [4.69, 9.17) is 51.4 Å². The van der Waals surface area contributed by atoms with E-state index in [9.17, 15) is 29.7 Å². The number of nitrogens with one attached hydrogen (secondary N) is 6. The first-order valence-electron chi connectivity index (χ1n) is 34.9. The van der Waals surface area contributed by atoms with Gasteiger partial charge in [-0.2, -0.15) is 15.0 Å². The van der Waals surface area contributed by atoms with E-state index in [0.29, 0.717) is 99.9 Å². The summed E-state index contributed by atoms with van der Waals surface area (Å²) in [7, 11) is 7.86. The van der Waals surface area contributed by atoms with Crippen molar-refractivity contribution in [3.8, 4) is 72.6 Å². The Kier molecular flexibility index (Phi) is 29.1. The van der Waals surface area contributed by atoms with E-state index in [1.54, 1.807) is 38.1 Å². The molecule has 6 aromatic rings. The fourth-order valence-electron chi connectivity index (χ4n) is 13.1. The summed E-state index contributed by atoms with van der Waals surface area (Å²) in [6.07, 6.45) is 27.2. The van der Waals surface area contributed by atoms with Gasteiger partial charge in [-0.15, -0.1) is 64.8 Å². The number of aromatic amines is 3. The lowest BCUT2D eigenvalue weighted by molar-refractivity contribution is -0.0534. The molecule has 0 aliphatic carbocycles. The van der Waals surface area contributed by atoms with Gasteiger partial charge in [0, 0.05) is 95.2 Å². The third-order valence-corrected chi connectivity index (χ3v) is 30.9. The Morgan fingerprint density at radius 3 is 1.26 bits per heavy atom. The summed E-state index contributed by atoms with van der Waals surface area (Å²) in [6, 6.07) is 0.847. The maximum atomic E-state index is 13.3. The summed E-state index contributed by atoms with van der Waals surface area (Å²) in [6.45, 7) is 17.5. The molecule has 4 aliphatic rings. The zero-order valence-corrected chi connectivity index (χ0v) is 65.3. The molecule has 4 fully saturated rings. The highest BCUT2D eigenvalue weighted by atomic mass is 31.0. The van der Waals surface area contributed by atoms with E-state index < -0.39 is 54.1 Å². The molecule has 29 heteroatoms. The molecule has 0 aromatic carbocycles. The van der Waals surface area contributed by atoms with Crippen LogP contribution in [0.3, 0.4) is 0 Å². The van der Waals surface area contributed by atoms with Crippen molar-refractivity contribution in [2.75, 3.05) is 50.3 Å². The molecule has 24 nitrogen and oxygen atoms in total. The minimum absolute atomic E-state index is 0.143. The molecule has 0 spiro atoms. The van der Waals surface area contributed by atoms with Crippen LogP contribution in [0.15, 0.2) is 33.0 Å². The number of aliphatic hydroxyl groups is 3. The molecule has 0 saturated carbocycles. The molecular formula is C72H101N12O12P3Si2. The number of H-pyrrole nitrogens is 3.